The number of rotatable bonds is 6. The predicted octanol–water partition coefficient (Wildman–Crippen LogP) is 2.97. The molecule has 0 heterocycles. The second-order valence-corrected chi connectivity index (χ2v) is 9.86. The van der Waals surface area contributed by atoms with E-state index in [9.17, 15) is 26.4 Å². The summed E-state index contributed by atoms with van der Waals surface area (Å²) in [6, 6.07) is 4.94. The highest BCUT2D eigenvalue weighted by molar-refractivity contribution is 7.88. The van der Waals surface area contributed by atoms with Crippen LogP contribution >= 0.6 is 0 Å². The molecule has 2 atom stereocenters. The number of ether oxygens (including phenoxy) is 1. The summed E-state index contributed by atoms with van der Waals surface area (Å²) in [5.41, 5.74) is 0.335. The van der Waals surface area contributed by atoms with E-state index in [1.165, 1.54) is 18.2 Å². The summed E-state index contributed by atoms with van der Waals surface area (Å²) < 4.78 is 66.6. The van der Waals surface area contributed by atoms with Crippen LogP contribution in [0.25, 0.3) is 0 Å². The number of benzene rings is 1. The molecule has 0 radical (unpaired) electrons. The van der Waals surface area contributed by atoms with E-state index in [0.717, 1.165) is 38.4 Å². The molecular formula is C21H26F3N3O4S. The molecule has 2 aliphatic carbocycles. The van der Waals surface area contributed by atoms with E-state index in [2.05, 4.69) is 26.6 Å². The number of hydrogen-bond acceptors (Lipinski definition) is 4. The zero-order valence-corrected chi connectivity index (χ0v) is 18.4. The van der Waals surface area contributed by atoms with Crippen molar-refractivity contribution in [2.24, 2.45) is 0 Å². The maximum absolute atomic E-state index is 12.8. The van der Waals surface area contributed by atoms with Crippen LogP contribution in [0.5, 0.6) is 5.75 Å². The van der Waals surface area contributed by atoms with Crippen molar-refractivity contribution in [3.05, 3.63) is 29.8 Å². The Morgan fingerprint density at radius 2 is 1.97 bits per heavy atom. The molecule has 2 amide bonds. The van der Waals surface area contributed by atoms with Crippen LogP contribution < -0.4 is 14.8 Å². The number of nitrogens with one attached hydrogen (secondary N) is 2. The lowest BCUT2D eigenvalue weighted by molar-refractivity contribution is -0.274. The highest BCUT2D eigenvalue weighted by Crippen LogP contribution is 2.34. The van der Waals surface area contributed by atoms with E-state index < -0.39 is 16.4 Å². The summed E-state index contributed by atoms with van der Waals surface area (Å²) in [6.45, 7) is 0.0319. The zero-order valence-electron chi connectivity index (χ0n) is 17.6. The van der Waals surface area contributed by atoms with Crippen molar-refractivity contribution in [1.29, 1.82) is 0 Å². The molecule has 2 N–H and O–H groups in total. The number of halogens is 3. The number of sulfonamides is 1. The van der Waals surface area contributed by atoms with Crippen LogP contribution in [0.3, 0.4) is 0 Å². The molecule has 0 aliphatic heterocycles. The largest absolute Gasteiger partial charge is 0.573 e. The third-order valence-corrected chi connectivity index (χ3v) is 5.99. The second-order valence-electron chi connectivity index (χ2n) is 8.08. The predicted molar refractivity (Wildman–Crippen MR) is 112 cm³/mol. The van der Waals surface area contributed by atoms with Crippen molar-refractivity contribution in [2.75, 3.05) is 12.8 Å². The number of amides is 2. The molecular weight excluding hydrogens is 447 g/mol. The summed E-state index contributed by atoms with van der Waals surface area (Å²) in [4.78, 5) is 14.6. The second kappa shape index (κ2) is 10.0. The van der Waals surface area contributed by atoms with Gasteiger partial charge in [0.05, 0.1) is 12.8 Å². The number of hydrogen-bond donors (Lipinski definition) is 2. The van der Waals surface area contributed by atoms with E-state index in [0.29, 0.717) is 12.0 Å². The van der Waals surface area contributed by atoms with Crippen molar-refractivity contribution >= 4 is 16.1 Å². The van der Waals surface area contributed by atoms with Crippen LogP contribution in [0.2, 0.25) is 0 Å². The molecule has 0 bridgehead atoms. The maximum Gasteiger partial charge on any atom is 0.573 e. The summed E-state index contributed by atoms with van der Waals surface area (Å²) in [5.74, 6) is 5.10. The average molecular weight is 474 g/mol. The monoisotopic (exact) mass is 473 g/mol. The first kappa shape index (κ1) is 24.2. The molecule has 2 fully saturated rings. The number of carbonyl (C=O) groups is 1. The Morgan fingerprint density at radius 3 is 2.62 bits per heavy atom. The number of nitrogens with zero attached hydrogens (tertiary/aromatic N) is 1. The minimum Gasteiger partial charge on any atom is -0.406 e. The van der Waals surface area contributed by atoms with E-state index >= 15 is 0 Å². The van der Waals surface area contributed by atoms with E-state index in [1.807, 2.05) is 0 Å². The summed E-state index contributed by atoms with van der Waals surface area (Å²) in [7, 11) is -3.31. The zero-order chi connectivity index (χ0) is 23.4. The molecule has 2 saturated carbocycles. The molecule has 0 spiro atoms. The Hall–Kier alpha value is -2.45. The molecule has 32 heavy (non-hydrogen) atoms. The summed E-state index contributed by atoms with van der Waals surface area (Å²) in [6.07, 6.45) is 1.11. The van der Waals surface area contributed by atoms with Gasteiger partial charge in [-0.15, -0.1) is 13.2 Å². The third-order valence-electron chi connectivity index (χ3n) is 5.22. The van der Waals surface area contributed by atoms with Gasteiger partial charge in [0.15, 0.2) is 0 Å². The van der Waals surface area contributed by atoms with Crippen LogP contribution in [0.15, 0.2) is 24.3 Å². The SMILES string of the molecule is CS(=O)(=O)N[C@@H]1CCC[C@@H](N(C(=O)NCC#Cc2cccc(OC(F)(F)F)c2)C2CC2)C1. The van der Waals surface area contributed by atoms with Gasteiger partial charge in [-0.25, -0.2) is 17.9 Å². The van der Waals surface area contributed by atoms with Gasteiger partial charge >= 0.3 is 12.4 Å². The lowest BCUT2D eigenvalue weighted by Crippen LogP contribution is -2.51. The van der Waals surface area contributed by atoms with Gasteiger partial charge in [-0.05, 0) is 56.7 Å². The van der Waals surface area contributed by atoms with Crippen molar-refractivity contribution in [3.63, 3.8) is 0 Å². The molecule has 0 saturated heterocycles. The normalized spacial score (nSPS) is 21.2. The number of carbonyl (C=O) groups excluding carboxylic acids is 1. The number of urea groups is 1. The summed E-state index contributed by atoms with van der Waals surface area (Å²) >= 11 is 0. The van der Waals surface area contributed by atoms with Crippen LogP contribution in [0.1, 0.15) is 44.1 Å². The van der Waals surface area contributed by atoms with E-state index in [1.54, 1.807) is 11.0 Å². The highest BCUT2D eigenvalue weighted by atomic mass is 32.2. The molecule has 1 aromatic carbocycles. The third kappa shape index (κ3) is 7.91. The van der Waals surface area contributed by atoms with Gasteiger partial charge in [-0.3, -0.25) is 0 Å². The lowest BCUT2D eigenvalue weighted by atomic mass is 9.90. The van der Waals surface area contributed by atoms with E-state index in [4.69, 9.17) is 0 Å². The fourth-order valence-electron chi connectivity index (χ4n) is 3.94. The maximum atomic E-state index is 12.8. The topological polar surface area (TPSA) is 87.7 Å². The first-order valence-corrected chi connectivity index (χ1v) is 12.3. The van der Waals surface area contributed by atoms with Gasteiger partial charge in [0.25, 0.3) is 0 Å². The molecule has 2 aliphatic rings. The molecule has 1 aromatic rings. The first-order valence-electron chi connectivity index (χ1n) is 10.4. The minimum absolute atomic E-state index is 0.0319. The van der Waals surface area contributed by atoms with Crippen molar-refractivity contribution in [1.82, 2.24) is 14.9 Å². The van der Waals surface area contributed by atoms with Crippen molar-refractivity contribution in [2.45, 2.75) is 63.0 Å². The average Bonchev–Trinajstić information content (AvgIpc) is 3.48. The van der Waals surface area contributed by atoms with Gasteiger partial charge in [-0.2, -0.15) is 0 Å². The number of alkyl halides is 3. The molecule has 7 nitrogen and oxygen atoms in total. The molecule has 0 aromatic heterocycles. The van der Waals surface area contributed by atoms with Crippen LogP contribution in [0.4, 0.5) is 18.0 Å². The fourth-order valence-corrected chi connectivity index (χ4v) is 4.76. The molecule has 3 rings (SSSR count). The van der Waals surface area contributed by atoms with Gasteiger partial charge in [0, 0.05) is 23.7 Å². The van der Waals surface area contributed by atoms with Crippen LogP contribution in [0, 0.1) is 11.8 Å². The van der Waals surface area contributed by atoms with Crippen LogP contribution in [-0.2, 0) is 10.0 Å². The first-order chi connectivity index (χ1) is 15.0. The molecule has 0 unspecified atom stereocenters. The van der Waals surface area contributed by atoms with Gasteiger partial charge < -0.3 is 15.0 Å². The minimum atomic E-state index is -4.78. The van der Waals surface area contributed by atoms with Crippen LogP contribution in [-0.4, -0.2) is 56.6 Å². The quantitative estimate of drug-likeness (QED) is 0.622. The van der Waals surface area contributed by atoms with Gasteiger partial charge in [0.2, 0.25) is 10.0 Å². The van der Waals surface area contributed by atoms with Gasteiger partial charge in [0.1, 0.15) is 5.75 Å². The summed E-state index contributed by atoms with van der Waals surface area (Å²) in [5, 5.41) is 2.75. The molecule has 176 valence electrons. The van der Waals surface area contributed by atoms with E-state index in [-0.39, 0.29) is 36.5 Å². The Kier molecular flexibility index (Phi) is 7.56. The smallest absolute Gasteiger partial charge is 0.406 e. The standard InChI is InChI=1S/C21H26F3N3O4S/c1-32(29,30)26-16-7-3-8-18(14-16)27(17-10-11-17)20(28)25-12-4-6-15-5-2-9-19(13-15)31-21(22,23)24/h2,5,9,13,16-18,26H,3,7-8,10-12,14H2,1H3,(H,25,28)/t16-,18-/m1/s1. The fraction of sp³-hybridized carbons (Fsp3) is 0.571. The Balaban J connectivity index is 1.56. The Labute approximate surface area is 185 Å². The molecule has 11 heteroatoms. The Bertz CT molecular complexity index is 984. The van der Waals surface area contributed by atoms with Crippen molar-refractivity contribution < 1.29 is 31.1 Å². The van der Waals surface area contributed by atoms with Gasteiger partial charge in [-0.1, -0.05) is 17.9 Å². The Morgan fingerprint density at radius 1 is 1.22 bits per heavy atom. The highest BCUT2D eigenvalue weighted by Gasteiger charge is 2.39. The van der Waals surface area contributed by atoms with Crippen molar-refractivity contribution in [3.8, 4) is 17.6 Å². The lowest BCUT2D eigenvalue weighted by Gasteiger charge is -2.37.